The number of carbonyl (C=O) groups is 2. The van der Waals surface area contributed by atoms with Crippen LogP contribution in [0.5, 0.6) is 0 Å². The van der Waals surface area contributed by atoms with Gasteiger partial charge in [-0.3, -0.25) is 14.6 Å². The van der Waals surface area contributed by atoms with Crippen molar-refractivity contribution in [3.05, 3.63) is 54.1 Å². The predicted molar refractivity (Wildman–Crippen MR) is 77.6 cm³/mol. The Morgan fingerprint density at radius 3 is 2.71 bits per heavy atom. The normalized spacial score (nSPS) is 9.48. The standard InChI is InChI=1S/C15H12N4O2/c1-2-7-18-14(20)11-5-3-4-6-12(11)19-15(21)13-10-16-8-9-17-13/h1,3-6,8-10H,7H2,(H,18,20)(H,19,21). The van der Waals surface area contributed by atoms with Gasteiger partial charge in [-0.25, -0.2) is 4.98 Å². The molecule has 0 saturated carbocycles. The van der Waals surface area contributed by atoms with Gasteiger partial charge < -0.3 is 10.6 Å². The largest absolute Gasteiger partial charge is 0.341 e. The maximum atomic E-state index is 12.0. The van der Waals surface area contributed by atoms with Crippen LogP contribution in [0.15, 0.2) is 42.9 Å². The molecule has 1 heterocycles. The first-order chi connectivity index (χ1) is 10.2. The molecule has 0 atom stereocenters. The fraction of sp³-hybridized carbons (Fsp3) is 0.0667. The summed E-state index contributed by atoms with van der Waals surface area (Å²) in [5, 5.41) is 5.18. The van der Waals surface area contributed by atoms with Gasteiger partial charge in [-0.1, -0.05) is 18.1 Å². The summed E-state index contributed by atoms with van der Waals surface area (Å²) in [4.78, 5) is 31.7. The Bertz CT molecular complexity index is 692. The van der Waals surface area contributed by atoms with Crippen molar-refractivity contribution in [3.8, 4) is 12.3 Å². The fourth-order valence-corrected chi connectivity index (χ4v) is 1.62. The van der Waals surface area contributed by atoms with Gasteiger partial charge in [0, 0.05) is 12.4 Å². The van der Waals surface area contributed by atoms with E-state index in [0.29, 0.717) is 11.3 Å². The fourth-order valence-electron chi connectivity index (χ4n) is 1.62. The molecule has 1 aromatic carbocycles. The quantitative estimate of drug-likeness (QED) is 0.821. The van der Waals surface area contributed by atoms with Crippen LogP contribution in [0.3, 0.4) is 0 Å². The second-order valence-electron chi connectivity index (χ2n) is 3.98. The number of anilines is 1. The lowest BCUT2D eigenvalue weighted by atomic mass is 10.1. The summed E-state index contributed by atoms with van der Waals surface area (Å²) >= 11 is 0. The summed E-state index contributed by atoms with van der Waals surface area (Å²) in [5.74, 6) is 1.51. The third-order valence-electron chi connectivity index (χ3n) is 2.57. The van der Waals surface area contributed by atoms with Crippen molar-refractivity contribution in [2.24, 2.45) is 0 Å². The number of carbonyl (C=O) groups excluding carboxylic acids is 2. The van der Waals surface area contributed by atoms with Crippen molar-refractivity contribution < 1.29 is 9.59 Å². The van der Waals surface area contributed by atoms with Gasteiger partial charge in [0.05, 0.1) is 24.0 Å². The van der Waals surface area contributed by atoms with Gasteiger partial charge in [0.2, 0.25) is 0 Å². The van der Waals surface area contributed by atoms with E-state index in [0.717, 1.165) is 0 Å². The van der Waals surface area contributed by atoms with E-state index in [1.54, 1.807) is 24.3 Å². The van der Waals surface area contributed by atoms with Crippen molar-refractivity contribution in [1.82, 2.24) is 15.3 Å². The van der Waals surface area contributed by atoms with Gasteiger partial charge in [0.15, 0.2) is 0 Å². The number of hydrogen-bond acceptors (Lipinski definition) is 4. The molecule has 0 radical (unpaired) electrons. The summed E-state index contributed by atoms with van der Waals surface area (Å²) in [7, 11) is 0. The van der Waals surface area contributed by atoms with E-state index in [-0.39, 0.29) is 18.1 Å². The minimum Gasteiger partial charge on any atom is -0.341 e. The molecule has 0 unspecified atom stereocenters. The molecule has 0 spiro atoms. The molecule has 0 bridgehead atoms. The summed E-state index contributed by atoms with van der Waals surface area (Å²) in [5.41, 5.74) is 0.865. The number of amides is 2. The molecule has 104 valence electrons. The molecule has 0 aliphatic heterocycles. The van der Waals surface area contributed by atoms with E-state index < -0.39 is 5.91 Å². The highest BCUT2D eigenvalue weighted by Gasteiger charge is 2.14. The van der Waals surface area contributed by atoms with Crippen LogP contribution in [0, 0.1) is 12.3 Å². The Kier molecular flexibility index (Phi) is 4.62. The monoisotopic (exact) mass is 280 g/mol. The van der Waals surface area contributed by atoms with Gasteiger partial charge in [-0.05, 0) is 12.1 Å². The number of nitrogens with zero attached hydrogens (tertiary/aromatic N) is 2. The first-order valence-corrected chi connectivity index (χ1v) is 6.10. The van der Waals surface area contributed by atoms with E-state index in [2.05, 4.69) is 26.5 Å². The zero-order chi connectivity index (χ0) is 15.1. The maximum absolute atomic E-state index is 12.0. The molecule has 0 aliphatic rings. The molecule has 2 N–H and O–H groups in total. The molecule has 0 fully saturated rings. The topological polar surface area (TPSA) is 84.0 Å². The highest BCUT2D eigenvalue weighted by molar-refractivity contribution is 6.08. The highest BCUT2D eigenvalue weighted by atomic mass is 16.2. The number of rotatable bonds is 4. The summed E-state index contributed by atoms with van der Waals surface area (Å²) in [6.07, 6.45) is 9.33. The van der Waals surface area contributed by atoms with Gasteiger partial charge in [-0.2, -0.15) is 0 Å². The molecule has 2 amide bonds. The molecular weight excluding hydrogens is 268 g/mol. The van der Waals surface area contributed by atoms with Crippen LogP contribution in [-0.2, 0) is 0 Å². The minimum atomic E-state index is -0.444. The number of hydrogen-bond donors (Lipinski definition) is 2. The van der Waals surface area contributed by atoms with E-state index >= 15 is 0 Å². The third-order valence-corrected chi connectivity index (χ3v) is 2.57. The van der Waals surface area contributed by atoms with Crippen molar-refractivity contribution in [2.75, 3.05) is 11.9 Å². The van der Waals surface area contributed by atoms with Crippen LogP contribution >= 0.6 is 0 Å². The number of aromatic nitrogens is 2. The third kappa shape index (κ3) is 3.64. The molecule has 1 aromatic heterocycles. The van der Waals surface area contributed by atoms with Crippen molar-refractivity contribution >= 4 is 17.5 Å². The Labute approximate surface area is 121 Å². The lowest BCUT2D eigenvalue weighted by Crippen LogP contribution is -2.25. The predicted octanol–water partition coefficient (Wildman–Crippen LogP) is 1.09. The van der Waals surface area contributed by atoms with Gasteiger partial charge in [0.25, 0.3) is 11.8 Å². The highest BCUT2D eigenvalue weighted by Crippen LogP contribution is 2.15. The Morgan fingerprint density at radius 1 is 1.19 bits per heavy atom. The molecular formula is C15H12N4O2. The zero-order valence-corrected chi connectivity index (χ0v) is 11.0. The van der Waals surface area contributed by atoms with Crippen LogP contribution in [0.1, 0.15) is 20.8 Å². The lowest BCUT2D eigenvalue weighted by molar-refractivity contribution is 0.0959. The first-order valence-electron chi connectivity index (χ1n) is 6.10. The molecule has 0 aliphatic carbocycles. The Morgan fingerprint density at radius 2 is 2.00 bits per heavy atom. The van der Waals surface area contributed by atoms with Crippen molar-refractivity contribution in [1.29, 1.82) is 0 Å². The van der Waals surface area contributed by atoms with Crippen molar-refractivity contribution in [3.63, 3.8) is 0 Å². The van der Waals surface area contributed by atoms with Crippen molar-refractivity contribution in [2.45, 2.75) is 0 Å². The number of para-hydroxylation sites is 1. The molecule has 6 heteroatoms. The van der Waals surface area contributed by atoms with Gasteiger partial charge in [-0.15, -0.1) is 6.42 Å². The molecule has 6 nitrogen and oxygen atoms in total. The van der Waals surface area contributed by atoms with E-state index in [9.17, 15) is 9.59 Å². The van der Waals surface area contributed by atoms with E-state index in [4.69, 9.17) is 6.42 Å². The van der Waals surface area contributed by atoms with Crippen LogP contribution in [-0.4, -0.2) is 28.3 Å². The average molecular weight is 280 g/mol. The van der Waals surface area contributed by atoms with E-state index in [1.165, 1.54) is 18.6 Å². The number of benzene rings is 1. The zero-order valence-electron chi connectivity index (χ0n) is 11.0. The van der Waals surface area contributed by atoms with Gasteiger partial charge in [0.1, 0.15) is 5.69 Å². The molecule has 0 saturated heterocycles. The number of terminal acetylenes is 1. The lowest BCUT2D eigenvalue weighted by Gasteiger charge is -2.10. The SMILES string of the molecule is C#CCNC(=O)c1ccccc1NC(=O)c1cnccn1. The van der Waals surface area contributed by atoms with Gasteiger partial charge >= 0.3 is 0 Å². The smallest absolute Gasteiger partial charge is 0.275 e. The molecule has 2 rings (SSSR count). The molecule has 21 heavy (non-hydrogen) atoms. The summed E-state index contributed by atoms with van der Waals surface area (Å²) in [6.45, 7) is 0.116. The number of nitrogens with one attached hydrogen (secondary N) is 2. The Hall–Kier alpha value is -3.20. The summed E-state index contributed by atoms with van der Waals surface area (Å²) < 4.78 is 0. The second kappa shape index (κ2) is 6.82. The minimum absolute atomic E-state index is 0.116. The van der Waals surface area contributed by atoms with Crippen LogP contribution in [0.25, 0.3) is 0 Å². The van der Waals surface area contributed by atoms with Crippen LogP contribution in [0.2, 0.25) is 0 Å². The second-order valence-corrected chi connectivity index (χ2v) is 3.98. The Balaban J connectivity index is 2.19. The first kappa shape index (κ1) is 14.2. The van der Waals surface area contributed by atoms with Crippen LogP contribution < -0.4 is 10.6 Å². The molecule has 2 aromatic rings. The average Bonchev–Trinajstić information content (AvgIpc) is 2.54. The summed E-state index contributed by atoms with van der Waals surface area (Å²) in [6, 6.07) is 6.63. The van der Waals surface area contributed by atoms with Crippen LogP contribution in [0.4, 0.5) is 5.69 Å². The maximum Gasteiger partial charge on any atom is 0.275 e. The van der Waals surface area contributed by atoms with E-state index in [1.807, 2.05) is 0 Å².